The lowest BCUT2D eigenvalue weighted by Gasteiger charge is -2.39. The Morgan fingerprint density at radius 3 is 1.39 bits per heavy atom. The first-order valence-corrected chi connectivity index (χ1v) is 18.6. The third-order valence-electron chi connectivity index (χ3n) is 10.6. The van der Waals surface area contributed by atoms with Crippen molar-refractivity contribution in [3.8, 4) is 67.9 Å². The summed E-state index contributed by atoms with van der Waals surface area (Å²) < 4.78 is 0. The second kappa shape index (κ2) is 14.8. The summed E-state index contributed by atoms with van der Waals surface area (Å²) >= 11 is 0. The van der Waals surface area contributed by atoms with Gasteiger partial charge >= 0.3 is 0 Å². The highest BCUT2D eigenvalue weighted by Crippen LogP contribution is 2.45. The van der Waals surface area contributed by atoms with Gasteiger partial charge in [0.25, 0.3) is 0 Å². The minimum absolute atomic E-state index is 0.0885. The normalized spacial score (nSPS) is 13.7. The molecule has 260 valence electrons. The van der Waals surface area contributed by atoms with Crippen molar-refractivity contribution in [1.82, 2.24) is 29.9 Å². The Kier molecular flexibility index (Phi) is 9.07. The van der Waals surface area contributed by atoms with Gasteiger partial charge in [0.1, 0.15) is 0 Å². The third kappa shape index (κ3) is 6.70. The molecule has 0 spiro atoms. The number of hydrogen-bond acceptors (Lipinski definition) is 6. The van der Waals surface area contributed by atoms with E-state index < -0.39 is 0 Å². The Hall–Kier alpha value is -6.66. The molecule has 1 saturated carbocycles. The molecule has 4 heterocycles. The monoisotopic (exact) mass is 698 g/mol. The van der Waals surface area contributed by atoms with E-state index in [4.69, 9.17) is 19.9 Å². The van der Waals surface area contributed by atoms with Crippen LogP contribution in [-0.4, -0.2) is 29.9 Å². The van der Waals surface area contributed by atoms with Crippen LogP contribution in [0.5, 0.6) is 0 Å². The topological polar surface area (TPSA) is 77.3 Å². The van der Waals surface area contributed by atoms with E-state index in [2.05, 4.69) is 82.8 Å². The van der Waals surface area contributed by atoms with Gasteiger partial charge in [-0.15, -0.1) is 0 Å². The first-order chi connectivity index (χ1) is 26.7. The minimum Gasteiger partial charge on any atom is -0.264 e. The van der Waals surface area contributed by atoms with Gasteiger partial charge in [-0.25, -0.2) is 19.9 Å². The van der Waals surface area contributed by atoms with Gasteiger partial charge in [-0.2, -0.15) is 0 Å². The lowest BCUT2D eigenvalue weighted by Crippen LogP contribution is -2.30. The predicted molar refractivity (Wildman–Crippen MR) is 216 cm³/mol. The highest BCUT2D eigenvalue weighted by Gasteiger charge is 2.35. The molecule has 0 atom stereocenters. The third-order valence-corrected chi connectivity index (χ3v) is 10.6. The second-order valence-electron chi connectivity index (χ2n) is 13.9. The molecule has 0 N–H and O–H groups in total. The van der Waals surface area contributed by atoms with E-state index >= 15 is 0 Å². The van der Waals surface area contributed by atoms with Crippen LogP contribution in [0, 0.1) is 0 Å². The van der Waals surface area contributed by atoms with Crippen molar-refractivity contribution in [3.63, 3.8) is 0 Å². The van der Waals surface area contributed by atoms with Crippen molar-refractivity contribution in [1.29, 1.82) is 0 Å². The quantitative estimate of drug-likeness (QED) is 0.157. The Morgan fingerprint density at radius 2 is 0.870 bits per heavy atom. The molecule has 6 heteroatoms. The smallest absolute Gasteiger partial charge is 0.160 e. The van der Waals surface area contributed by atoms with Gasteiger partial charge in [-0.05, 0) is 60.4 Å². The van der Waals surface area contributed by atoms with Gasteiger partial charge in [0.05, 0.1) is 28.5 Å². The summed E-state index contributed by atoms with van der Waals surface area (Å²) in [7, 11) is 0. The number of hydrogen-bond donors (Lipinski definition) is 0. The van der Waals surface area contributed by atoms with E-state index in [0.29, 0.717) is 11.6 Å². The van der Waals surface area contributed by atoms with E-state index in [1.54, 1.807) is 12.4 Å². The minimum atomic E-state index is -0.0885. The van der Waals surface area contributed by atoms with Gasteiger partial charge in [-0.3, -0.25) is 9.97 Å². The first kappa shape index (κ1) is 33.2. The van der Waals surface area contributed by atoms with Crippen molar-refractivity contribution in [2.45, 2.75) is 37.5 Å². The molecule has 0 aliphatic heterocycles. The maximum absolute atomic E-state index is 5.06. The summed E-state index contributed by atoms with van der Waals surface area (Å²) in [5, 5.41) is 0. The van der Waals surface area contributed by atoms with Gasteiger partial charge in [0.2, 0.25) is 0 Å². The van der Waals surface area contributed by atoms with Crippen LogP contribution >= 0.6 is 0 Å². The number of benzene rings is 4. The Morgan fingerprint density at radius 1 is 0.370 bits per heavy atom. The summed E-state index contributed by atoms with van der Waals surface area (Å²) in [6, 6.07) is 52.5. The van der Waals surface area contributed by atoms with E-state index in [1.807, 2.05) is 85.1 Å². The van der Waals surface area contributed by atoms with Crippen molar-refractivity contribution in [2.24, 2.45) is 0 Å². The van der Waals surface area contributed by atoms with Crippen LogP contribution in [0.4, 0.5) is 0 Å². The van der Waals surface area contributed by atoms with Gasteiger partial charge in [0, 0.05) is 51.8 Å². The van der Waals surface area contributed by atoms with Crippen LogP contribution in [-0.2, 0) is 5.41 Å². The second-order valence-corrected chi connectivity index (χ2v) is 13.9. The maximum atomic E-state index is 5.06. The average molecular weight is 699 g/mol. The van der Waals surface area contributed by atoms with Gasteiger partial charge < -0.3 is 0 Å². The molecule has 1 fully saturated rings. The zero-order chi connectivity index (χ0) is 36.2. The molecule has 8 aromatic rings. The molecule has 1 aliphatic rings. The van der Waals surface area contributed by atoms with Crippen LogP contribution in [0.25, 0.3) is 67.9 Å². The Bertz CT molecular complexity index is 2190. The fourth-order valence-electron chi connectivity index (χ4n) is 7.75. The SMILES string of the molecule is c1ccc(-c2cc(-c3cccnc3)nc(-c3ccc(C4(c5ccc(-c6nc(-c7ccccc7)cc(-c7ccccn7)n6)cc5)CCCCC4)cc3)n2)cc1. The lowest BCUT2D eigenvalue weighted by atomic mass is 9.65. The average Bonchev–Trinajstić information content (AvgIpc) is 3.27. The molecule has 0 radical (unpaired) electrons. The van der Waals surface area contributed by atoms with E-state index in [9.17, 15) is 0 Å². The van der Waals surface area contributed by atoms with Crippen molar-refractivity contribution in [3.05, 3.63) is 181 Å². The summed E-state index contributed by atoms with van der Waals surface area (Å²) in [5.74, 6) is 1.39. The summed E-state index contributed by atoms with van der Waals surface area (Å²) in [6.07, 6.45) is 11.3. The fourth-order valence-corrected chi connectivity index (χ4v) is 7.75. The zero-order valence-electron chi connectivity index (χ0n) is 29.9. The molecular weight excluding hydrogens is 661 g/mol. The van der Waals surface area contributed by atoms with Gasteiger partial charge in [0.15, 0.2) is 11.6 Å². The Balaban J connectivity index is 1.07. The summed E-state index contributed by atoms with van der Waals surface area (Å²) in [5.41, 5.74) is 11.8. The highest BCUT2D eigenvalue weighted by molar-refractivity contribution is 5.72. The molecule has 6 nitrogen and oxygen atoms in total. The molecule has 54 heavy (non-hydrogen) atoms. The number of nitrogens with zero attached hydrogens (tertiary/aromatic N) is 6. The van der Waals surface area contributed by atoms with Crippen molar-refractivity contribution in [2.75, 3.05) is 0 Å². The molecule has 4 aromatic heterocycles. The predicted octanol–water partition coefficient (Wildman–Crippen LogP) is 11.3. The highest BCUT2D eigenvalue weighted by atomic mass is 14.9. The largest absolute Gasteiger partial charge is 0.264 e. The lowest BCUT2D eigenvalue weighted by molar-refractivity contribution is 0.346. The summed E-state index contributed by atoms with van der Waals surface area (Å²) in [4.78, 5) is 29.1. The van der Waals surface area contributed by atoms with Crippen LogP contribution < -0.4 is 0 Å². The van der Waals surface area contributed by atoms with Gasteiger partial charge in [-0.1, -0.05) is 135 Å². The van der Waals surface area contributed by atoms with E-state index in [1.165, 1.54) is 30.4 Å². The number of aromatic nitrogens is 6. The van der Waals surface area contributed by atoms with Crippen LogP contribution in [0.1, 0.15) is 43.2 Å². The van der Waals surface area contributed by atoms with E-state index in [-0.39, 0.29) is 5.41 Å². The van der Waals surface area contributed by atoms with Crippen molar-refractivity contribution >= 4 is 0 Å². The molecule has 0 bridgehead atoms. The summed E-state index contributed by atoms with van der Waals surface area (Å²) in [6.45, 7) is 0. The first-order valence-electron chi connectivity index (χ1n) is 18.6. The van der Waals surface area contributed by atoms with Crippen LogP contribution in [0.2, 0.25) is 0 Å². The van der Waals surface area contributed by atoms with Crippen LogP contribution in [0.15, 0.2) is 170 Å². The van der Waals surface area contributed by atoms with Crippen molar-refractivity contribution < 1.29 is 0 Å². The molecule has 0 amide bonds. The molecular formula is C48H38N6. The molecule has 0 unspecified atom stereocenters. The van der Waals surface area contributed by atoms with Crippen LogP contribution in [0.3, 0.4) is 0 Å². The zero-order valence-corrected chi connectivity index (χ0v) is 29.9. The number of pyridine rings is 2. The fraction of sp³-hybridized carbons (Fsp3) is 0.125. The Labute approximate surface area is 315 Å². The maximum Gasteiger partial charge on any atom is 0.160 e. The van der Waals surface area contributed by atoms with E-state index in [0.717, 1.165) is 69.1 Å². The standard InChI is InChI=1S/C48H38N6/c1-4-13-34(14-5-1)42-31-44(38-17-12-29-49-33-38)53-46(51-42)36-19-23-39(24-20-36)48(27-9-3-10-28-48)40-25-21-37(22-26-40)47-52-43(35-15-6-2-7-16-35)32-45(54-47)41-18-8-11-30-50-41/h1-2,4-8,11-26,29-33H,3,9-10,27-28H2. The molecule has 9 rings (SSSR count). The molecule has 0 saturated heterocycles. The molecule has 4 aromatic carbocycles. The number of rotatable bonds is 8. The molecule has 1 aliphatic carbocycles.